The van der Waals surface area contributed by atoms with Gasteiger partial charge in [-0.15, -0.1) is 0 Å². The topological polar surface area (TPSA) is 68.9 Å². The fourth-order valence-corrected chi connectivity index (χ4v) is 2.19. The molecule has 0 aliphatic heterocycles. The number of H-pyrrole nitrogens is 1. The standard InChI is InChI=1S/C13H14N4O/c1-17-7-10(11-6-13(14)16-15-11)9-5-8(18-2)3-4-12(9)17/h3-7H,1-2H3,(H3,14,15,16). The Morgan fingerprint density at radius 3 is 2.83 bits per heavy atom. The molecule has 0 spiro atoms. The fraction of sp³-hybridized carbons (Fsp3) is 0.154. The molecule has 3 aromatic rings. The second kappa shape index (κ2) is 3.80. The van der Waals surface area contributed by atoms with Crippen molar-refractivity contribution in [1.82, 2.24) is 14.8 Å². The number of methoxy groups -OCH3 is 1. The summed E-state index contributed by atoms with van der Waals surface area (Å²) in [4.78, 5) is 0. The average molecular weight is 242 g/mol. The highest BCUT2D eigenvalue weighted by Gasteiger charge is 2.11. The molecule has 0 aliphatic rings. The molecule has 0 aliphatic carbocycles. The molecule has 0 unspecified atom stereocenters. The van der Waals surface area contributed by atoms with E-state index in [1.54, 1.807) is 7.11 Å². The number of aryl methyl sites for hydroxylation is 1. The molecule has 0 radical (unpaired) electrons. The van der Waals surface area contributed by atoms with E-state index in [1.165, 1.54) is 0 Å². The Balaban J connectivity index is 2.28. The van der Waals surface area contributed by atoms with Gasteiger partial charge >= 0.3 is 0 Å². The number of anilines is 1. The zero-order chi connectivity index (χ0) is 12.7. The smallest absolute Gasteiger partial charge is 0.145 e. The van der Waals surface area contributed by atoms with Crippen molar-refractivity contribution in [3.05, 3.63) is 30.5 Å². The second-order valence-corrected chi connectivity index (χ2v) is 4.24. The van der Waals surface area contributed by atoms with Crippen LogP contribution in [0.1, 0.15) is 0 Å². The molecule has 1 aromatic carbocycles. The van der Waals surface area contributed by atoms with Crippen LogP contribution in [0.3, 0.4) is 0 Å². The number of benzene rings is 1. The molecule has 92 valence electrons. The minimum Gasteiger partial charge on any atom is -0.497 e. The monoisotopic (exact) mass is 242 g/mol. The first-order chi connectivity index (χ1) is 8.69. The number of hydrogen-bond acceptors (Lipinski definition) is 3. The Hall–Kier alpha value is -2.43. The summed E-state index contributed by atoms with van der Waals surface area (Å²) in [6, 6.07) is 7.83. The van der Waals surface area contributed by atoms with Gasteiger partial charge in [0.25, 0.3) is 0 Å². The zero-order valence-electron chi connectivity index (χ0n) is 10.3. The van der Waals surface area contributed by atoms with Crippen LogP contribution in [0, 0.1) is 0 Å². The Morgan fingerprint density at radius 2 is 2.17 bits per heavy atom. The number of nitrogen functional groups attached to an aromatic ring is 1. The summed E-state index contributed by atoms with van der Waals surface area (Å²) in [6.07, 6.45) is 2.05. The van der Waals surface area contributed by atoms with Crippen molar-refractivity contribution >= 4 is 16.7 Å². The first-order valence-electron chi connectivity index (χ1n) is 5.63. The van der Waals surface area contributed by atoms with E-state index in [4.69, 9.17) is 10.5 Å². The van der Waals surface area contributed by atoms with Gasteiger partial charge in [0.1, 0.15) is 11.6 Å². The maximum Gasteiger partial charge on any atom is 0.145 e. The molecule has 0 saturated carbocycles. The number of ether oxygens (including phenoxy) is 1. The van der Waals surface area contributed by atoms with Gasteiger partial charge in [-0.05, 0) is 18.2 Å². The lowest BCUT2D eigenvalue weighted by molar-refractivity contribution is 0.415. The predicted octanol–water partition coefficient (Wildman–Crippen LogP) is 2.16. The summed E-state index contributed by atoms with van der Waals surface area (Å²) < 4.78 is 7.34. The molecule has 3 rings (SSSR count). The second-order valence-electron chi connectivity index (χ2n) is 4.24. The highest BCUT2D eigenvalue weighted by atomic mass is 16.5. The predicted molar refractivity (Wildman–Crippen MR) is 71.5 cm³/mol. The van der Waals surface area contributed by atoms with Gasteiger partial charge in [0, 0.05) is 35.8 Å². The van der Waals surface area contributed by atoms with E-state index in [9.17, 15) is 0 Å². The van der Waals surface area contributed by atoms with Crippen molar-refractivity contribution in [1.29, 1.82) is 0 Å². The van der Waals surface area contributed by atoms with Crippen LogP contribution in [-0.4, -0.2) is 21.9 Å². The van der Waals surface area contributed by atoms with Gasteiger partial charge in [0.05, 0.1) is 12.8 Å². The third-order valence-corrected chi connectivity index (χ3v) is 3.08. The molecule has 18 heavy (non-hydrogen) atoms. The number of aromatic amines is 1. The maximum absolute atomic E-state index is 5.65. The summed E-state index contributed by atoms with van der Waals surface area (Å²) in [6.45, 7) is 0. The van der Waals surface area contributed by atoms with E-state index in [0.29, 0.717) is 5.82 Å². The Bertz CT molecular complexity index is 711. The van der Waals surface area contributed by atoms with Gasteiger partial charge in [-0.2, -0.15) is 5.10 Å². The number of fused-ring (bicyclic) bond motifs is 1. The molecule has 0 saturated heterocycles. The van der Waals surface area contributed by atoms with Gasteiger partial charge < -0.3 is 15.0 Å². The van der Waals surface area contributed by atoms with Crippen LogP contribution >= 0.6 is 0 Å². The average Bonchev–Trinajstić information content (AvgIpc) is 2.93. The summed E-state index contributed by atoms with van der Waals surface area (Å²) in [7, 11) is 3.68. The molecular formula is C13H14N4O. The van der Waals surface area contributed by atoms with E-state index in [1.807, 2.05) is 31.3 Å². The third-order valence-electron chi connectivity index (χ3n) is 3.08. The molecule has 5 heteroatoms. The molecule has 3 N–H and O–H groups in total. The Kier molecular flexibility index (Phi) is 2.26. The van der Waals surface area contributed by atoms with Gasteiger partial charge in [0.2, 0.25) is 0 Å². The van der Waals surface area contributed by atoms with Gasteiger partial charge in [0.15, 0.2) is 0 Å². The minimum atomic E-state index is 0.491. The number of rotatable bonds is 2. The number of aromatic nitrogens is 3. The normalized spacial score (nSPS) is 11.0. The highest BCUT2D eigenvalue weighted by molar-refractivity contribution is 5.96. The van der Waals surface area contributed by atoms with Crippen molar-refractivity contribution in [3.63, 3.8) is 0 Å². The molecule has 0 fully saturated rings. The van der Waals surface area contributed by atoms with Gasteiger partial charge in [-0.1, -0.05) is 0 Å². The van der Waals surface area contributed by atoms with E-state index < -0.39 is 0 Å². The van der Waals surface area contributed by atoms with Crippen LogP contribution < -0.4 is 10.5 Å². The Labute approximate surface area is 104 Å². The van der Waals surface area contributed by atoms with Crippen LogP contribution in [0.25, 0.3) is 22.2 Å². The number of nitrogens with two attached hydrogens (primary N) is 1. The molecule has 0 atom stereocenters. The van der Waals surface area contributed by atoms with Crippen molar-refractivity contribution < 1.29 is 4.74 Å². The number of nitrogens with one attached hydrogen (secondary N) is 1. The lowest BCUT2D eigenvalue weighted by Gasteiger charge is -2.01. The van der Waals surface area contributed by atoms with Crippen LogP contribution in [0.4, 0.5) is 5.82 Å². The van der Waals surface area contributed by atoms with Gasteiger partial charge in [-0.3, -0.25) is 5.10 Å². The summed E-state index contributed by atoms with van der Waals surface area (Å²) >= 11 is 0. The zero-order valence-corrected chi connectivity index (χ0v) is 10.3. The van der Waals surface area contributed by atoms with Crippen molar-refractivity contribution in [2.24, 2.45) is 7.05 Å². The Morgan fingerprint density at radius 1 is 1.33 bits per heavy atom. The molecule has 5 nitrogen and oxygen atoms in total. The summed E-state index contributed by atoms with van der Waals surface area (Å²) in [5.41, 5.74) is 8.76. The third kappa shape index (κ3) is 1.52. The molecule has 2 aromatic heterocycles. The maximum atomic E-state index is 5.65. The molecular weight excluding hydrogens is 228 g/mol. The van der Waals surface area contributed by atoms with Crippen molar-refractivity contribution in [2.45, 2.75) is 0 Å². The summed E-state index contributed by atoms with van der Waals surface area (Å²) in [5.74, 6) is 1.33. The SMILES string of the molecule is COc1ccc2c(c1)c(-c1cc(N)n[nH]1)cn2C. The minimum absolute atomic E-state index is 0.491. The van der Waals surface area contributed by atoms with E-state index >= 15 is 0 Å². The first-order valence-corrected chi connectivity index (χ1v) is 5.63. The van der Waals surface area contributed by atoms with Crippen LogP contribution in [0.5, 0.6) is 5.75 Å². The van der Waals surface area contributed by atoms with E-state index in [0.717, 1.165) is 27.9 Å². The lowest BCUT2D eigenvalue weighted by atomic mass is 10.1. The van der Waals surface area contributed by atoms with Crippen LogP contribution in [0.15, 0.2) is 30.5 Å². The van der Waals surface area contributed by atoms with Gasteiger partial charge in [-0.25, -0.2) is 0 Å². The first kappa shape index (κ1) is 10.7. The molecule has 2 heterocycles. The van der Waals surface area contributed by atoms with E-state index in [2.05, 4.69) is 21.0 Å². The number of nitrogens with zero attached hydrogens (tertiary/aromatic N) is 2. The van der Waals surface area contributed by atoms with Crippen LogP contribution in [-0.2, 0) is 7.05 Å². The molecule has 0 bridgehead atoms. The lowest BCUT2D eigenvalue weighted by Crippen LogP contribution is -1.84. The van der Waals surface area contributed by atoms with Crippen molar-refractivity contribution in [2.75, 3.05) is 12.8 Å². The molecule has 0 amide bonds. The summed E-state index contributed by atoms with van der Waals surface area (Å²) in [5, 5.41) is 8.01. The quantitative estimate of drug-likeness (QED) is 0.723. The van der Waals surface area contributed by atoms with E-state index in [-0.39, 0.29) is 0 Å². The van der Waals surface area contributed by atoms with Crippen LogP contribution in [0.2, 0.25) is 0 Å². The number of hydrogen-bond donors (Lipinski definition) is 2. The largest absolute Gasteiger partial charge is 0.497 e. The van der Waals surface area contributed by atoms with Crippen molar-refractivity contribution in [3.8, 4) is 17.0 Å². The highest BCUT2D eigenvalue weighted by Crippen LogP contribution is 2.32. The fourth-order valence-electron chi connectivity index (χ4n) is 2.19.